The molecule has 0 aliphatic heterocycles. The maximum absolute atomic E-state index is 12.8. The number of anilines is 1. The van der Waals surface area contributed by atoms with Crippen LogP contribution >= 0.6 is 31.9 Å². The van der Waals surface area contributed by atoms with Gasteiger partial charge in [0.1, 0.15) is 10.6 Å². The molecule has 0 saturated heterocycles. The molecule has 0 radical (unpaired) electrons. The van der Waals surface area contributed by atoms with Gasteiger partial charge in [-0.25, -0.2) is 4.39 Å². The summed E-state index contributed by atoms with van der Waals surface area (Å²) in [7, 11) is 1.32. The van der Waals surface area contributed by atoms with Crippen LogP contribution in [0.5, 0.6) is 0 Å². The first-order chi connectivity index (χ1) is 7.54. The molecule has 6 heteroatoms. The number of halogens is 3. The van der Waals surface area contributed by atoms with Crippen molar-refractivity contribution in [1.29, 1.82) is 0 Å². The summed E-state index contributed by atoms with van der Waals surface area (Å²) in [6.07, 6.45) is 0. The molecule has 0 bridgehead atoms. The molecule has 0 heterocycles. The number of hydrogen-bond donors (Lipinski definition) is 1. The molecule has 1 aromatic carbocycles. The van der Waals surface area contributed by atoms with Crippen LogP contribution in [0.3, 0.4) is 0 Å². The molecule has 3 nitrogen and oxygen atoms in total. The van der Waals surface area contributed by atoms with Gasteiger partial charge in [-0.05, 0) is 34.1 Å². The lowest BCUT2D eigenvalue weighted by atomic mass is 10.3. The average molecular weight is 355 g/mol. The molecule has 1 aromatic rings. The number of methoxy groups -OCH3 is 1. The largest absolute Gasteiger partial charge is 0.468 e. The van der Waals surface area contributed by atoms with Gasteiger partial charge in [0.05, 0.1) is 7.11 Å². The highest BCUT2D eigenvalue weighted by Crippen LogP contribution is 2.23. The minimum atomic E-state index is -0.436. The zero-order valence-electron chi connectivity index (χ0n) is 8.47. The number of nitrogens with one attached hydrogen (secondary N) is 1. The third kappa shape index (κ3) is 3.75. The normalized spacial score (nSPS) is 12.0. The van der Waals surface area contributed by atoms with Gasteiger partial charge in [0.15, 0.2) is 0 Å². The smallest absolute Gasteiger partial charge is 0.321 e. The van der Waals surface area contributed by atoms with Gasteiger partial charge >= 0.3 is 5.97 Å². The van der Waals surface area contributed by atoms with Crippen LogP contribution in [-0.4, -0.2) is 24.5 Å². The first-order valence-electron chi connectivity index (χ1n) is 4.45. The number of alkyl halides is 1. The Balaban J connectivity index is 2.58. The number of hydrogen-bond acceptors (Lipinski definition) is 3. The van der Waals surface area contributed by atoms with Gasteiger partial charge in [0.25, 0.3) is 0 Å². The summed E-state index contributed by atoms with van der Waals surface area (Å²) in [6, 6.07) is 4.29. The number of benzene rings is 1. The van der Waals surface area contributed by atoms with Crippen molar-refractivity contribution in [3.63, 3.8) is 0 Å². The Labute approximate surface area is 110 Å². The van der Waals surface area contributed by atoms with Gasteiger partial charge in [-0.2, -0.15) is 0 Å². The minimum absolute atomic E-state index is 0.319. The van der Waals surface area contributed by atoms with E-state index in [-0.39, 0.29) is 11.8 Å². The molecule has 0 saturated carbocycles. The van der Waals surface area contributed by atoms with Crippen molar-refractivity contribution < 1.29 is 13.9 Å². The maximum Gasteiger partial charge on any atom is 0.321 e. The summed E-state index contributed by atoms with van der Waals surface area (Å²) < 4.78 is 17.9. The summed E-state index contributed by atoms with van der Waals surface area (Å²) in [5.74, 6) is -0.675. The summed E-state index contributed by atoms with van der Waals surface area (Å²) in [5, 5.41) is 2.99. The van der Waals surface area contributed by atoms with E-state index in [1.54, 1.807) is 6.07 Å². The molecule has 0 amide bonds. The number of carbonyl (C=O) groups excluding carboxylic acids is 1. The van der Waals surface area contributed by atoms with Crippen molar-refractivity contribution in [1.82, 2.24) is 0 Å². The van der Waals surface area contributed by atoms with Gasteiger partial charge in [-0.3, -0.25) is 4.79 Å². The van der Waals surface area contributed by atoms with Crippen molar-refractivity contribution >= 4 is 43.5 Å². The molecular formula is C10H10Br2FNO2. The van der Waals surface area contributed by atoms with E-state index in [4.69, 9.17) is 0 Å². The van der Waals surface area contributed by atoms with Crippen LogP contribution in [0, 0.1) is 5.82 Å². The van der Waals surface area contributed by atoms with E-state index in [9.17, 15) is 9.18 Å². The lowest BCUT2D eigenvalue weighted by Gasteiger charge is -2.11. The molecule has 88 valence electrons. The van der Waals surface area contributed by atoms with Crippen molar-refractivity contribution in [2.24, 2.45) is 0 Å². The third-order valence-corrected chi connectivity index (χ3v) is 3.21. The highest BCUT2D eigenvalue weighted by atomic mass is 79.9. The Morgan fingerprint density at radius 1 is 1.62 bits per heavy atom. The molecule has 0 aromatic heterocycles. The van der Waals surface area contributed by atoms with Crippen LogP contribution in [0.1, 0.15) is 0 Å². The van der Waals surface area contributed by atoms with Crippen LogP contribution in [0.2, 0.25) is 0 Å². The second-order valence-electron chi connectivity index (χ2n) is 3.00. The van der Waals surface area contributed by atoms with Crippen molar-refractivity contribution in [2.45, 2.75) is 4.83 Å². The van der Waals surface area contributed by atoms with E-state index in [1.165, 1.54) is 19.2 Å². The Morgan fingerprint density at radius 3 is 2.88 bits per heavy atom. The van der Waals surface area contributed by atoms with E-state index in [1.807, 2.05) is 0 Å². The summed E-state index contributed by atoms with van der Waals surface area (Å²) >= 11 is 6.39. The van der Waals surface area contributed by atoms with E-state index in [0.29, 0.717) is 11.0 Å². The Bertz CT molecular complexity index is 387. The quantitative estimate of drug-likeness (QED) is 0.667. The molecule has 0 spiro atoms. The zero-order chi connectivity index (χ0) is 12.1. The fraction of sp³-hybridized carbons (Fsp3) is 0.300. The van der Waals surface area contributed by atoms with Crippen LogP contribution in [-0.2, 0) is 9.53 Å². The van der Waals surface area contributed by atoms with Crippen molar-refractivity contribution in [3.8, 4) is 0 Å². The van der Waals surface area contributed by atoms with Crippen molar-refractivity contribution in [3.05, 3.63) is 28.5 Å². The van der Waals surface area contributed by atoms with Gasteiger partial charge in [0, 0.05) is 16.7 Å². The third-order valence-electron chi connectivity index (χ3n) is 1.86. The highest BCUT2D eigenvalue weighted by Gasteiger charge is 2.14. The van der Waals surface area contributed by atoms with Crippen LogP contribution in [0.15, 0.2) is 22.7 Å². The predicted molar refractivity (Wildman–Crippen MR) is 67.3 cm³/mol. The monoisotopic (exact) mass is 353 g/mol. The Hall–Kier alpha value is -0.620. The lowest BCUT2D eigenvalue weighted by Crippen LogP contribution is -2.24. The van der Waals surface area contributed by atoms with Gasteiger partial charge in [-0.1, -0.05) is 15.9 Å². The Kier molecular flexibility index (Phi) is 5.21. The summed E-state index contributed by atoms with van der Waals surface area (Å²) in [6.45, 7) is 0.358. The topological polar surface area (TPSA) is 38.3 Å². The van der Waals surface area contributed by atoms with Gasteiger partial charge in [-0.15, -0.1) is 0 Å². The average Bonchev–Trinajstić information content (AvgIpc) is 2.26. The van der Waals surface area contributed by atoms with E-state index in [0.717, 1.165) is 5.69 Å². The fourth-order valence-electron chi connectivity index (χ4n) is 1.04. The molecular weight excluding hydrogens is 345 g/mol. The molecule has 0 aliphatic carbocycles. The number of ether oxygens (including phenoxy) is 1. The minimum Gasteiger partial charge on any atom is -0.468 e. The molecule has 1 rings (SSSR count). The molecule has 0 fully saturated rings. The van der Waals surface area contributed by atoms with E-state index < -0.39 is 4.83 Å². The predicted octanol–water partition coefficient (Wildman–Crippen LogP) is 2.94. The van der Waals surface area contributed by atoms with Gasteiger partial charge in [0.2, 0.25) is 0 Å². The van der Waals surface area contributed by atoms with Gasteiger partial charge < -0.3 is 10.1 Å². The number of rotatable bonds is 4. The van der Waals surface area contributed by atoms with E-state index in [2.05, 4.69) is 41.9 Å². The Morgan fingerprint density at radius 2 is 2.31 bits per heavy atom. The first-order valence-corrected chi connectivity index (χ1v) is 6.16. The fourth-order valence-corrected chi connectivity index (χ4v) is 1.88. The molecule has 1 unspecified atom stereocenters. The zero-order valence-corrected chi connectivity index (χ0v) is 11.6. The first kappa shape index (κ1) is 13.4. The molecule has 16 heavy (non-hydrogen) atoms. The summed E-state index contributed by atoms with van der Waals surface area (Å²) in [4.78, 5) is 10.7. The molecule has 1 atom stereocenters. The highest BCUT2D eigenvalue weighted by molar-refractivity contribution is 9.10. The number of carbonyl (C=O) groups is 1. The summed E-state index contributed by atoms with van der Waals surface area (Å²) in [5.41, 5.74) is 0.717. The second kappa shape index (κ2) is 6.20. The van der Waals surface area contributed by atoms with Crippen molar-refractivity contribution in [2.75, 3.05) is 19.0 Å². The van der Waals surface area contributed by atoms with Crippen LogP contribution in [0.4, 0.5) is 10.1 Å². The van der Waals surface area contributed by atoms with Crippen LogP contribution in [0.25, 0.3) is 0 Å². The van der Waals surface area contributed by atoms with E-state index >= 15 is 0 Å². The standard InChI is InChI=1S/C10H10Br2FNO2/c1-16-10(15)8(12)5-14-9-3-2-6(13)4-7(9)11/h2-4,8,14H,5H2,1H3. The SMILES string of the molecule is COC(=O)C(Br)CNc1ccc(F)cc1Br. The lowest BCUT2D eigenvalue weighted by molar-refractivity contribution is -0.139. The van der Waals surface area contributed by atoms with Crippen LogP contribution < -0.4 is 5.32 Å². The second-order valence-corrected chi connectivity index (χ2v) is 4.96. The molecule has 1 N–H and O–H groups in total. The number of esters is 1. The molecule has 0 aliphatic rings. The maximum atomic E-state index is 12.8.